The second kappa shape index (κ2) is 7.70. The average Bonchev–Trinajstić information content (AvgIpc) is 3.00. The van der Waals surface area contributed by atoms with Crippen molar-refractivity contribution >= 4 is 17.4 Å². The van der Waals surface area contributed by atoms with Gasteiger partial charge in [0.2, 0.25) is 0 Å². The van der Waals surface area contributed by atoms with E-state index in [0.29, 0.717) is 34.2 Å². The zero-order valence-corrected chi connectivity index (χ0v) is 18.4. The molecule has 0 spiro atoms. The van der Waals surface area contributed by atoms with Crippen molar-refractivity contribution in [2.75, 3.05) is 6.54 Å². The Morgan fingerprint density at radius 1 is 1.23 bits per heavy atom. The molecule has 1 aliphatic rings. The molecule has 7 heteroatoms. The number of hydrogen-bond acceptors (Lipinski definition) is 5. The van der Waals surface area contributed by atoms with Gasteiger partial charge in [-0.25, -0.2) is 14.2 Å². The van der Waals surface area contributed by atoms with Crippen molar-refractivity contribution in [3.63, 3.8) is 0 Å². The fourth-order valence-corrected chi connectivity index (χ4v) is 3.62. The number of carbonyl (C=O) groups is 2. The predicted molar refractivity (Wildman–Crippen MR) is 110 cm³/mol. The number of benzene rings is 1. The van der Waals surface area contributed by atoms with Gasteiger partial charge < -0.3 is 14.1 Å². The molecule has 0 fully saturated rings. The van der Waals surface area contributed by atoms with Crippen molar-refractivity contribution in [2.24, 2.45) is 0 Å². The molecule has 1 aromatic carbocycles. The van der Waals surface area contributed by atoms with E-state index in [4.69, 9.17) is 9.15 Å². The van der Waals surface area contributed by atoms with Gasteiger partial charge in [-0.2, -0.15) is 0 Å². The third-order valence-corrected chi connectivity index (χ3v) is 5.10. The maximum absolute atomic E-state index is 13.7. The van der Waals surface area contributed by atoms with Crippen LogP contribution in [0, 0.1) is 19.7 Å². The standard InChI is InChI=1S/C23H27FN2O4/c1-12(2)29-22(28)18-14(4)26(21(27)16-8-9-17(24)13(3)10-16)11-23(6,7)20-19(18)25-15(5)30-20/h8-10,12H,11H2,1-7H3. The van der Waals surface area contributed by atoms with Crippen LogP contribution < -0.4 is 0 Å². The van der Waals surface area contributed by atoms with Crippen LogP contribution in [0.15, 0.2) is 28.3 Å². The maximum Gasteiger partial charge on any atom is 0.342 e. The van der Waals surface area contributed by atoms with Gasteiger partial charge in [0.15, 0.2) is 5.89 Å². The molecule has 1 aromatic heterocycles. The normalized spacial score (nSPS) is 15.8. The third kappa shape index (κ3) is 3.88. The van der Waals surface area contributed by atoms with Crippen LogP contribution in [-0.4, -0.2) is 34.4 Å². The highest BCUT2D eigenvalue weighted by molar-refractivity contribution is 6.18. The summed E-state index contributed by atoms with van der Waals surface area (Å²) in [6.45, 7) is 12.6. The summed E-state index contributed by atoms with van der Waals surface area (Å²) in [6, 6.07) is 4.23. The molecule has 6 nitrogen and oxygen atoms in total. The lowest BCUT2D eigenvalue weighted by atomic mass is 9.88. The molecule has 2 heterocycles. The lowest BCUT2D eigenvalue weighted by molar-refractivity contribution is -0.140. The molecule has 0 N–H and O–H groups in total. The second-order valence-electron chi connectivity index (χ2n) is 8.56. The number of allylic oxidation sites excluding steroid dienone is 1. The van der Waals surface area contributed by atoms with E-state index in [9.17, 15) is 14.0 Å². The molecule has 0 aliphatic carbocycles. The number of rotatable bonds is 3. The summed E-state index contributed by atoms with van der Waals surface area (Å²) in [5.74, 6) is -0.316. The number of halogens is 1. The Morgan fingerprint density at radius 3 is 2.50 bits per heavy atom. The minimum Gasteiger partial charge on any atom is -0.459 e. The first kappa shape index (κ1) is 21.7. The Labute approximate surface area is 175 Å². The van der Waals surface area contributed by atoms with Gasteiger partial charge in [-0.05, 0) is 51.5 Å². The molecule has 0 radical (unpaired) electrons. The highest BCUT2D eigenvalue weighted by Gasteiger charge is 2.41. The van der Waals surface area contributed by atoms with E-state index < -0.39 is 11.4 Å². The largest absolute Gasteiger partial charge is 0.459 e. The van der Waals surface area contributed by atoms with Gasteiger partial charge in [-0.1, -0.05) is 13.8 Å². The third-order valence-electron chi connectivity index (χ3n) is 5.10. The van der Waals surface area contributed by atoms with Crippen molar-refractivity contribution in [3.8, 4) is 0 Å². The number of aromatic nitrogens is 1. The van der Waals surface area contributed by atoms with Crippen molar-refractivity contribution in [3.05, 3.63) is 58.2 Å². The van der Waals surface area contributed by atoms with Crippen LogP contribution in [0.4, 0.5) is 4.39 Å². The van der Waals surface area contributed by atoms with Crippen molar-refractivity contribution in [2.45, 2.75) is 60.0 Å². The minimum atomic E-state index is -0.623. The van der Waals surface area contributed by atoms with Gasteiger partial charge in [0.25, 0.3) is 5.91 Å². The summed E-state index contributed by atoms with van der Waals surface area (Å²) in [4.78, 5) is 32.4. The molecule has 0 atom stereocenters. The minimum absolute atomic E-state index is 0.202. The van der Waals surface area contributed by atoms with Gasteiger partial charge in [0.1, 0.15) is 22.8 Å². The molecule has 0 unspecified atom stereocenters. The first-order valence-electron chi connectivity index (χ1n) is 9.90. The quantitative estimate of drug-likeness (QED) is 0.689. The first-order valence-corrected chi connectivity index (χ1v) is 9.90. The Bertz CT molecular complexity index is 1050. The van der Waals surface area contributed by atoms with Gasteiger partial charge in [0, 0.05) is 30.1 Å². The van der Waals surface area contributed by atoms with Crippen LogP contribution >= 0.6 is 0 Å². The molecule has 3 rings (SSSR count). The number of amides is 1. The fourth-order valence-electron chi connectivity index (χ4n) is 3.62. The van der Waals surface area contributed by atoms with Gasteiger partial charge in [-0.3, -0.25) is 4.79 Å². The fraction of sp³-hybridized carbons (Fsp3) is 0.435. The maximum atomic E-state index is 13.7. The van der Waals surface area contributed by atoms with Crippen LogP contribution in [0.5, 0.6) is 0 Å². The van der Waals surface area contributed by atoms with Crippen molar-refractivity contribution < 1.29 is 23.1 Å². The zero-order chi connectivity index (χ0) is 22.4. The number of hydrogen-bond donors (Lipinski definition) is 0. The molecule has 2 aromatic rings. The zero-order valence-electron chi connectivity index (χ0n) is 18.4. The lowest BCUT2D eigenvalue weighted by Gasteiger charge is -2.30. The van der Waals surface area contributed by atoms with E-state index in [1.165, 1.54) is 23.1 Å². The number of oxazole rings is 1. The summed E-state index contributed by atoms with van der Waals surface area (Å²) in [7, 11) is 0. The molecule has 30 heavy (non-hydrogen) atoms. The summed E-state index contributed by atoms with van der Waals surface area (Å²) < 4.78 is 25.0. The summed E-state index contributed by atoms with van der Waals surface area (Å²) in [5, 5.41) is 0. The SMILES string of the molecule is CC1=C(C(=O)OC(C)C)c2nc(C)oc2C(C)(C)CN1C(=O)c1ccc(F)c(C)c1. The van der Waals surface area contributed by atoms with Crippen molar-refractivity contribution in [1.82, 2.24) is 9.88 Å². The van der Waals surface area contributed by atoms with Crippen LogP contribution in [0.1, 0.15) is 67.9 Å². The van der Waals surface area contributed by atoms with E-state index in [1.54, 1.807) is 34.6 Å². The van der Waals surface area contributed by atoms with Gasteiger partial charge in [-0.15, -0.1) is 0 Å². The van der Waals surface area contributed by atoms with Crippen LogP contribution in [0.2, 0.25) is 0 Å². The number of esters is 1. The number of nitrogens with zero attached hydrogens (tertiary/aromatic N) is 2. The summed E-state index contributed by atoms with van der Waals surface area (Å²) >= 11 is 0. The molecular weight excluding hydrogens is 387 g/mol. The topological polar surface area (TPSA) is 72.6 Å². The molecule has 0 saturated carbocycles. The number of ether oxygens (including phenoxy) is 1. The van der Waals surface area contributed by atoms with Gasteiger partial charge >= 0.3 is 5.97 Å². The van der Waals surface area contributed by atoms with E-state index in [2.05, 4.69) is 4.98 Å². The summed E-state index contributed by atoms with van der Waals surface area (Å²) in [5.41, 5.74) is 1.11. The second-order valence-corrected chi connectivity index (χ2v) is 8.56. The number of fused-ring (bicyclic) bond motifs is 1. The Hall–Kier alpha value is -2.96. The summed E-state index contributed by atoms with van der Waals surface area (Å²) in [6.07, 6.45) is -0.339. The Kier molecular flexibility index (Phi) is 5.58. The van der Waals surface area contributed by atoms with Crippen molar-refractivity contribution in [1.29, 1.82) is 0 Å². The monoisotopic (exact) mass is 414 g/mol. The first-order chi connectivity index (χ1) is 13.9. The molecule has 0 saturated heterocycles. The van der Waals surface area contributed by atoms with E-state index >= 15 is 0 Å². The molecule has 0 bridgehead atoms. The molecule has 1 amide bonds. The number of carbonyl (C=O) groups excluding carboxylic acids is 2. The van der Waals surface area contributed by atoms with E-state index in [1.807, 2.05) is 13.8 Å². The lowest BCUT2D eigenvalue weighted by Crippen LogP contribution is -2.39. The van der Waals surface area contributed by atoms with Crippen LogP contribution in [0.25, 0.3) is 5.57 Å². The van der Waals surface area contributed by atoms with Crippen LogP contribution in [-0.2, 0) is 14.9 Å². The smallest absolute Gasteiger partial charge is 0.342 e. The number of aryl methyl sites for hydroxylation is 2. The Morgan fingerprint density at radius 2 is 1.90 bits per heavy atom. The molecule has 160 valence electrons. The highest BCUT2D eigenvalue weighted by Crippen LogP contribution is 2.39. The molecular formula is C23H27FN2O4. The van der Waals surface area contributed by atoms with Gasteiger partial charge in [0.05, 0.1) is 6.10 Å². The molecule has 1 aliphatic heterocycles. The average molecular weight is 414 g/mol. The van der Waals surface area contributed by atoms with E-state index in [0.717, 1.165) is 0 Å². The highest BCUT2D eigenvalue weighted by atomic mass is 19.1. The van der Waals surface area contributed by atoms with E-state index in [-0.39, 0.29) is 29.9 Å². The predicted octanol–water partition coefficient (Wildman–Crippen LogP) is 4.55. The van der Waals surface area contributed by atoms with Crippen LogP contribution in [0.3, 0.4) is 0 Å². The Balaban J connectivity index is 2.19.